The Kier molecular flexibility index (Phi) is 3.47. The van der Waals surface area contributed by atoms with Crippen LogP contribution < -0.4 is 0 Å². The highest BCUT2D eigenvalue weighted by Gasteiger charge is 2.23. The van der Waals surface area contributed by atoms with E-state index in [4.69, 9.17) is 0 Å². The van der Waals surface area contributed by atoms with Gasteiger partial charge in [0, 0.05) is 29.1 Å². The molecule has 1 aromatic heterocycles. The van der Waals surface area contributed by atoms with Crippen LogP contribution in [-0.2, 0) is 0 Å². The van der Waals surface area contributed by atoms with Crippen molar-refractivity contribution in [1.29, 1.82) is 0 Å². The zero-order valence-corrected chi connectivity index (χ0v) is 12.2. The Balaban J connectivity index is 1.92. The molecule has 0 spiro atoms. The molecule has 3 rings (SSSR count). The van der Waals surface area contributed by atoms with Gasteiger partial charge in [0.2, 0.25) is 0 Å². The second kappa shape index (κ2) is 5.28. The van der Waals surface area contributed by atoms with Crippen LogP contribution in [0.25, 0.3) is 5.69 Å². The number of rotatable bonds is 4. The molecule has 0 N–H and O–H groups in total. The van der Waals surface area contributed by atoms with E-state index in [-0.39, 0.29) is 0 Å². The lowest BCUT2D eigenvalue weighted by Crippen LogP contribution is -2.16. The molecule has 2 nitrogen and oxygen atoms in total. The van der Waals surface area contributed by atoms with Gasteiger partial charge in [0.25, 0.3) is 0 Å². The minimum atomic E-state index is 0.310. The highest BCUT2D eigenvalue weighted by atomic mass is 16.1. The third-order valence-electron chi connectivity index (χ3n) is 4.44. The second-order valence-electron chi connectivity index (χ2n) is 5.88. The van der Waals surface area contributed by atoms with Gasteiger partial charge >= 0.3 is 0 Å². The molecule has 20 heavy (non-hydrogen) atoms. The van der Waals surface area contributed by atoms with Crippen molar-refractivity contribution in [2.75, 3.05) is 0 Å². The van der Waals surface area contributed by atoms with Gasteiger partial charge < -0.3 is 4.57 Å². The highest BCUT2D eigenvalue weighted by Crippen LogP contribution is 2.31. The Hall–Kier alpha value is -1.83. The monoisotopic (exact) mass is 267 g/mol. The van der Waals surface area contributed by atoms with Gasteiger partial charge in [-0.1, -0.05) is 37.5 Å². The molecule has 1 aliphatic rings. The summed E-state index contributed by atoms with van der Waals surface area (Å²) in [6.45, 7) is 4.12. The van der Waals surface area contributed by atoms with E-state index in [1.807, 2.05) is 31.2 Å². The summed E-state index contributed by atoms with van der Waals surface area (Å²) in [6.07, 6.45) is 4.46. The Morgan fingerprint density at radius 2 is 1.90 bits per heavy atom. The molecule has 1 fully saturated rings. The number of benzene rings is 1. The SMILES string of the molecule is Cc1cc(C(=O)CC2CCC2)c(C)n1-c1ccccc1. The van der Waals surface area contributed by atoms with Crippen LogP contribution in [0.5, 0.6) is 0 Å². The van der Waals surface area contributed by atoms with Crippen molar-refractivity contribution in [2.45, 2.75) is 39.5 Å². The summed E-state index contributed by atoms with van der Waals surface area (Å²) in [6, 6.07) is 12.3. The second-order valence-corrected chi connectivity index (χ2v) is 5.88. The fraction of sp³-hybridized carbons (Fsp3) is 0.389. The lowest BCUT2D eigenvalue weighted by Gasteiger charge is -2.24. The summed E-state index contributed by atoms with van der Waals surface area (Å²) < 4.78 is 2.17. The lowest BCUT2D eigenvalue weighted by atomic mass is 9.81. The van der Waals surface area contributed by atoms with Crippen molar-refractivity contribution in [2.24, 2.45) is 5.92 Å². The molecule has 104 valence electrons. The molecular formula is C18H21NO. The van der Waals surface area contributed by atoms with Crippen molar-refractivity contribution in [3.8, 4) is 5.69 Å². The summed E-state index contributed by atoms with van der Waals surface area (Å²) in [5.41, 5.74) is 4.23. The number of carbonyl (C=O) groups excluding carboxylic acids is 1. The third kappa shape index (κ3) is 2.31. The maximum atomic E-state index is 12.5. The van der Waals surface area contributed by atoms with Crippen molar-refractivity contribution >= 4 is 5.78 Å². The van der Waals surface area contributed by atoms with E-state index in [1.54, 1.807) is 0 Å². The van der Waals surface area contributed by atoms with Gasteiger partial charge in [-0.3, -0.25) is 4.79 Å². The molecule has 0 amide bonds. The van der Waals surface area contributed by atoms with E-state index >= 15 is 0 Å². The Labute approximate surface area is 120 Å². The first-order valence-electron chi connectivity index (χ1n) is 7.44. The minimum absolute atomic E-state index is 0.310. The van der Waals surface area contributed by atoms with Gasteiger partial charge in [-0.15, -0.1) is 0 Å². The highest BCUT2D eigenvalue weighted by molar-refractivity contribution is 5.97. The van der Waals surface area contributed by atoms with E-state index in [0.29, 0.717) is 11.7 Å². The molecule has 2 aromatic rings. The summed E-state index contributed by atoms with van der Waals surface area (Å²) in [4.78, 5) is 12.5. The lowest BCUT2D eigenvalue weighted by molar-refractivity contribution is 0.0936. The molecular weight excluding hydrogens is 246 g/mol. The van der Waals surface area contributed by atoms with E-state index in [0.717, 1.165) is 29.1 Å². The van der Waals surface area contributed by atoms with Gasteiger partial charge in [-0.25, -0.2) is 0 Å². The van der Waals surface area contributed by atoms with Crippen LogP contribution in [0.15, 0.2) is 36.4 Å². The van der Waals surface area contributed by atoms with Crippen LogP contribution in [-0.4, -0.2) is 10.4 Å². The van der Waals surface area contributed by atoms with Crippen molar-refractivity contribution in [1.82, 2.24) is 4.57 Å². The van der Waals surface area contributed by atoms with Crippen LogP contribution in [0.4, 0.5) is 0 Å². The number of ketones is 1. The average molecular weight is 267 g/mol. The van der Waals surface area contributed by atoms with E-state index in [2.05, 4.69) is 23.6 Å². The summed E-state index contributed by atoms with van der Waals surface area (Å²) in [5, 5.41) is 0. The summed E-state index contributed by atoms with van der Waals surface area (Å²) in [5.74, 6) is 0.937. The Morgan fingerprint density at radius 1 is 1.20 bits per heavy atom. The van der Waals surface area contributed by atoms with Crippen molar-refractivity contribution < 1.29 is 4.79 Å². The van der Waals surface area contributed by atoms with E-state index in [1.165, 1.54) is 19.3 Å². The smallest absolute Gasteiger partial charge is 0.164 e. The van der Waals surface area contributed by atoms with E-state index < -0.39 is 0 Å². The van der Waals surface area contributed by atoms with Crippen LogP contribution in [0.3, 0.4) is 0 Å². The number of Topliss-reactive ketones (excluding diaryl/α,β-unsaturated/α-hetero) is 1. The van der Waals surface area contributed by atoms with Crippen LogP contribution in [0.2, 0.25) is 0 Å². The molecule has 2 heteroatoms. The molecule has 0 saturated heterocycles. The molecule has 1 aromatic carbocycles. The van der Waals surface area contributed by atoms with Crippen LogP contribution >= 0.6 is 0 Å². The third-order valence-corrected chi connectivity index (χ3v) is 4.44. The quantitative estimate of drug-likeness (QED) is 0.749. The van der Waals surface area contributed by atoms with Gasteiger partial charge in [0.05, 0.1) is 0 Å². The number of nitrogens with zero attached hydrogens (tertiary/aromatic N) is 1. The molecule has 0 aliphatic heterocycles. The number of hydrogen-bond acceptors (Lipinski definition) is 1. The molecule has 0 radical (unpaired) electrons. The first-order valence-corrected chi connectivity index (χ1v) is 7.44. The maximum Gasteiger partial charge on any atom is 0.164 e. The standard InChI is InChI=1S/C18H21NO/c1-13-11-17(18(20)12-15-7-6-8-15)14(2)19(13)16-9-4-3-5-10-16/h3-5,9-11,15H,6-8,12H2,1-2H3. The van der Waals surface area contributed by atoms with Gasteiger partial charge in [0.1, 0.15) is 0 Å². The van der Waals surface area contributed by atoms with Crippen LogP contribution in [0.1, 0.15) is 47.4 Å². The maximum absolute atomic E-state index is 12.5. The predicted molar refractivity (Wildman–Crippen MR) is 81.5 cm³/mol. The summed E-state index contributed by atoms with van der Waals surface area (Å²) in [7, 11) is 0. The molecule has 0 bridgehead atoms. The number of carbonyl (C=O) groups is 1. The zero-order valence-electron chi connectivity index (χ0n) is 12.2. The van der Waals surface area contributed by atoms with Crippen molar-refractivity contribution in [3.63, 3.8) is 0 Å². The first kappa shape index (κ1) is 13.2. The molecule has 1 heterocycles. The van der Waals surface area contributed by atoms with Crippen molar-refractivity contribution in [3.05, 3.63) is 53.3 Å². The minimum Gasteiger partial charge on any atom is -0.318 e. The number of aryl methyl sites for hydroxylation is 1. The molecule has 0 unspecified atom stereocenters. The van der Waals surface area contributed by atoms with E-state index in [9.17, 15) is 4.79 Å². The van der Waals surface area contributed by atoms with Gasteiger partial charge in [-0.2, -0.15) is 0 Å². The molecule has 1 aliphatic carbocycles. The predicted octanol–water partition coefficient (Wildman–Crippen LogP) is 4.47. The first-order chi connectivity index (χ1) is 9.66. The molecule has 0 atom stereocenters. The normalized spacial score (nSPS) is 15.1. The van der Waals surface area contributed by atoms with Gasteiger partial charge in [0.15, 0.2) is 5.78 Å². The van der Waals surface area contributed by atoms with Crippen LogP contribution in [0, 0.1) is 19.8 Å². The largest absolute Gasteiger partial charge is 0.318 e. The number of para-hydroxylation sites is 1. The number of aromatic nitrogens is 1. The zero-order chi connectivity index (χ0) is 14.1. The van der Waals surface area contributed by atoms with Gasteiger partial charge in [-0.05, 0) is 38.0 Å². The number of hydrogen-bond donors (Lipinski definition) is 0. The molecule has 1 saturated carbocycles. The topological polar surface area (TPSA) is 22.0 Å². The average Bonchev–Trinajstić information content (AvgIpc) is 2.70. The Morgan fingerprint density at radius 3 is 2.50 bits per heavy atom. The summed E-state index contributed by atoms with van der Waals surface area (Å²) >= 11 is 0. The fourth-order valence-corrected chi connectivity index (χ4v) is 3.09. The Bertz CT molecular complexity index is 620. The fourth-order valence-electron chi connectivity index (χ4n) is 3.09.